The molecule has 0 aromatic carbocycles. The molecule has 2 N–H and O–H groups in total. The zero-order valence-electron chi connectivity index (χ0n) is 12.2. The van der Waals surface area contributed by atoms with Crippen molar-refractivity contribution in [1.29, 1.82) is 0 Å². The maximum atomic E-state index is 12.2. The molecule has 0 spiro atoms. The lowest BCUT2D eigenvalue weighted by atomic mass is 10.00. The molecule has 0 saturated carbocycles. The van der Waals surface area contributed by atoms with Gasteiger partial charge >= 0.3 is 5.91 Å². The van der Waals surface area contributed by atoms with E-state index in [1.54, 1.807) is 12.1 Å². The first-order valence-electron chi connectivity index (χ1n) is 7.50. The quantitative estimate of drug-likeness (QED) is 0.836. The molecule has 116 valence electrons. The van der Waals surface area contributed by atoms with Crippen molar-refractivity contribution in [3.63, 3.8) is 0 Å². The first kappa shape index (κ1) is 14.8. The summed E-state index contributed by atoms with van der Waals surface area (Å²) in [5.41, 5.74) is 6.09. The highest BCUT2D eigenvalue weighted by Gasteiger charge is 2.17. The van der Waals surface area contributed by atoms with Crippen LogP contribution in [0.5, 0.6) is 0 Å². The van der Waals surface area contributed by atoms with E-state index in [0.717, 1.165) is 12.8 Å². The van der Waals surface area contributed by atoms with Crippen LogP contribution >= 0.6 is 11.3 Å². The molecule has 0 unspecified atom stereocenters. The van der Waals surface area contributed by atoms with Crippen LogP contribution in [-0.4, -0.2) is 11.8 Å². The second kappa shape index (κ2) is 6.79. The van der Waals surface area contributed by atoms with Crippen molar-refractivity contribution in [1.82, 2.24) is 10.9 Å². The van der Waals surface area contributed by atoms with Gasteiger partial charge in [-0.25, -0.2) is 0 Å². The number of aryl methyl sites for hydroxylation is 2. The average molecular weight is 318 g/mol. The van der Waals surface area contributed by atoms with E-state index in [1.807, 2.05) is 6.07 Å². The molecule has 0 aliphatic heterocycles. The van der Waals surface area contributed by atoms with Crippen LogP contribution in [0.15, 0.2) is 28.9 Å². The summed E-state index contributed by atoms with van der Waals surface area (Å²) < 4.78 is 4.97. The molecule has 0 fully saturated rings. The van der Waals surface area contributed by atoms with Crippen molar-refractivity contribution in [2.75, 3.05) is 0 Å². The predicted molar refractivity (Wildman–Crippen MR) is 83.8 cm³/mol. The summed E-state index contributed by atoms with van der Waals surface area (Å²) in [5.74, 6) is -0.580. The minimum Gasteiger partial charge on any atom is -0.459 e. The highest BCUT2D eigenvalue weighted by Crippen LogP contribution is 2.28. The van der Waals surface area contributed by atoms with Gasteiger partial charge in [0.1, 0.15) is 0 Å². The van der Waals surface area contributed by atoms with Gasteiger partial charge in [-0.2, -0.15) is 0 Å². The summed E-state index contributed by atoms with van der Waals surface area (Å²) in [5, 5.41) is 0. The van der Waals surface area contributed by atoms with Crippen LogP contribution in [0.4, 0.5) is 0 Å². The number of hydrazine groups is 1. The largest absolute Gasteiger partial charge is 0.459 e. The van der Waals surface area contributed by atoms with Crippen LogP contribution in [0.3, 0.4) is 0 Å². The second-order valence-electron chi connectivity index (χ2n) is 5.36. The Balaban J connectivity index is 1.62. The van der Waals surface area contributed by atoms with Crippen molar-refractivity contribution in [2.45, 2.75) is 38.5 Å². The van der Waals surface area contributed by atoms with Crippen LogP contribution in [0.1, 0.15) is 56.4 Å². The van der Waals surface area contributed by atoms with E-state index in [9.17, 15) is 9.59 Å². The molecule has 0 bridgehead atoms. The number of hydrogen-bond donors (Lipinski definition) is 2. The number of fused-ring (bicyclic) bond motifs is 1. The van der Waals surface area contributed by atoms with Gasteiger partial charge in [-0.1, -0.05) is 12.8 Å². The molecule has 1 aliphatic rings. The van der Waals surface area contributed by atoms with E-state index in [2.05, 4.69) is 10.9 Å². The molecule has 3 rings (SSSR count). The second-order valence-corrected chi connectivity index (χ2v) is 6.50. The highest BCUT2D eigenvalue weighted by atomic mass is 32.1. The highest BCUT2D eigenvalue weighted by molar-refractivity contribution is 7.14. The van der Waals surface area contributed by atoms with Gasteiger partial charge in [-0.05, 0) is 49.4 Å². The first-order chi connectivity index (χ1) is 10.7. The number of thiophene rings is 1. The molecule has 5 nitrogen and oxygen atoms in total. The molecule has 22 heavy (non-hydrogen) atoms. The molecule has 2 amide bonds. The Labute approximate surface area is 132 Å². The number of hydrogen-bond acceptors (Lipinski definition) is 4. The number of rotatable bonds is 2. The minimum absolute atomic E-state index is 0.166. The third-order valence-electron chi connectivity index (χ3n) is 3.75. The lowest BCUT2D eigenvalue weighted by molar-refractivity contribution is 0.0833. The zero-order valence-corrected chi connectivity index (χ0v) is 13.0. The molecule has 2 aromatic heterocycles. The van der Waals surface area contributed by atoms with Gasteiger partial charge < -0.3 is 4.42 Å². The summed E-state index contributed by atoms with van der Waals surface area (Å²) in [6.07, 6.45) is 8.39. The van der Waals surface area contributed by atoms with Gasteiger partial charge in [0.05, 0.1) is 11.1 Å². The van der Waals surface area contributed by atoms with Gasteiger partial charge in [0.25, 0.3) is 5.91 Å². The first-order valence-corrected chi connectivity index (χ1v) is 8.31. The molecule has 6 heteroatoms. The van der Waals surface area contributed by atoms with Gasteiger partial charge in [-0.15, -0.1) is 11.3 Å². The lowest BCUT2D eigenvalue weighted by Gasteiger charge is -2.07. The summed E-state index contributed by atoms with van der Waals surface area (Å²) in [4.78, 5) is 25.8. The van der Waals surface area contributed by atoms with Crippen molar-refractivity contribution < 1.29 is 14.0 Å². The summed E-state index contributed by atoms with van der Waals surface area (Å²) in [7, 11) is 0. The summed E-state index contributed by atoms with van der Waals surface area (Å²) >= 11 is 1.53. The molecular formula is C16H18N2O3S. The van der Waals surface area contributed by atoms with Crippen LogP contribution in [0.25, 0.3) is 0 Å². The Morgan fingerprint density at radius 3 is 2.59 bits per heavy atom. The van der Waals surface area contributed by atoms with Crippen LogP contribution in [0.2, 0.25) is 0 Å². The van der Waals surface area contributed by atoms with Gasteiger partial charge in [0.15, 0.2) is 5.76 Å². The maximum Gasteiger partial charge on any atom is 0.305 e. The third-order valence-corrected chi connectivity index (χ3v) is 4.99. The Bertz CT molecular complexity index is 635. The Hall–Kier alpha value is -2.08. The fourth-order valence-electron chi connectivity index (χ4n) is 2.60. The van der Waals surface area contributed by atoms with E-state index in [4.69, 9.17) is 4.42 Å². The van der Waals surface area contributed by atoms with E-state index in [1.165, 1.54) is 53.7 Å². The normalized spacial score (nSPS) is 14.5. The predicted octanol–water partition coefficient (Wildman–Crippen LogP) is 3.07. The molecule has 0 atom stereocenters. The van der Waals surface area contributed by atoms with E-state index < -0.39 is 5.91 Å². The molecule has 0 radical (unpaired) electrons. The minimum atomic E-state index is -0.465. The van der Waals surface area contributed by atoms with E-state index in [0.29, 0.717) is 4.88 Å². The fraction of sp³-hybridized carbons (Fsp3) is 0.375. The maximum absolute atomic E-state index is 12.2. The third kappa shape index (κ3) is 3.39. The van der Waals surface area contributed by atoms with Crippen LogP contribution in [0, 0.1) is 0 Å². The monoisotopic (exact) mass is 318 g/mol. The van der Waals surface area contributed by atoms with Crippen molar-refractivity contribution in [3.8, 4) is 0 Å². The van der Waals surface area contributed by atoms with Crippen molar-refractivity contribution >= 4 is 23.2 Å². The van der Waals surface area contributed by atoms with Crippen LogP contribution < -0.4 is 10.9 Å². The Kier molecular flexibility index (Phi) is 4.58. The number of carbonyl (C=O) groups is 2. The Morgan fingerprint density at radius 2 is 1.82 bits per heavy atom. The topological polar surface area (TPSA) is 71.3 Å². The Morgan fingerprint density at radius 1 is 1.05 bits per heavy atom. The summed E-state index contributed by atoms with van der Waals surface area (Å²) in [6, 6.07) is 5.12. The van der Waals surface area contributed by atoms with Gasteiger partial charge in [0.2, 0.25) is 0 Å². The average Bonchev–Trinajstić information content (AvgIpc) is 3.14. The number of nitrogens with one attached hydrogen (secondary N) is 2. The zero-order chi connectivity index (χ0) is 15.4. The number of furan rings is 1. The van der Waals surface area contributed by atoms with Crippen molar-refractivity contribution in [3.05, 3.63) is 45.5 Å². The van der Waals surface area contributed by atoms with E-state index in [-0.39, 0.29) is 11.7 Å². The molecule has 2 aromatic rings. The lowest BCUT2D eigenvalue weighted by Crippen LogP contribution is -2.41. The molecule has 2 heterocycles. The smallest absolute Gasteiger partial charge is 0.305 e. The fourth-order valence-corrected chi connectivity index (χ4v) is 3.75. The van der Waals surface area contributed by atoms with Crippen LogP contribution in [-0.2, 0) is 12.8 Å². The standard InChI is InChI=1S/C16H18N2O3S/c19-15(12-7-5-9-21-12)17-18-16(20)14-10-11-6-3-1-2-4-8-13(11)22-14/h5,7,9-10H,1-4,6,8H2,(H,17,19)(H,18,20). The molecule has 1 aliphatic carbocycles. The van der Waals surface area contributed by atoms with Crippen molar-refractivity contribution in [2.24, 2.45) is 0 Å². The number of carbonyl (C=O) groups excluding carboxylic acids is 2. The SMILES string of the molecule is O=C(NNC(=O)c1cc2c(s1)CCCCCC2)c1ccco1. The van der Waals surface area contributed by atoms with E-state index >= 15 is 0 Å². The number of amides is 2. The van der Waals surface area contributed by atoms with Gasteiger partial charge in [-0.3, -0.25) is 20.4 Å². The summed E-state index contributed by atoms with van der Waals surface area (Å²) in [6.45, 7) is 0. The van der Waals surface area contributed by atoms with Gasteiger partial charge in [0, 0.05) is 4.88 Å². The molecular weight excluding hydrogens is 300 g/mol. The molecule has 0 saturated heterocycles.